The first-order valence-electron chi connectivity index (χ1n) is 11.5. The lowest BCUT2D eigenvalue weighted by Crippen LogP contribution is -2.70. The number of ether oxygens (including phenoxy) is 3. The summed E-state index contributed by atoms with van der Waals surface area (Å²) >= 11 is 17.1. The minimum absolute atomic E-state index is 0.0346. The summed E-state index contributed by atoms with van der Waals surface area (Å²) < 4.78 is 40.3. The summed E-state index contributed by atoms with van der Waals surface area (Å²) in [6, 6.07) is 13.2. The van der Waals surface area contributed by atoms with Gasteiger partial charge in [-0.05, 0) is 38.1 Å². The van der Waals surface area contributed by atoms with Crippen LogP contribution in [0.15, 0.2) is 70.9 Å². The third-order valence-corrected chi connectivity index (χ3v) is 9.49. The predicted octanol–water partition coefficient (Wildman–Crippen LogP) is 3.94. The van der Waals surface area contributed by atoms with Crippen molar-refractivity contribution in [1.82, 2.24) is 10.2 Å². The molecule has 1 N–H and O–H groups in total. The zero-order valence-electron chi connectivity index (χ0n) is 21.4. The van der Waals surface area contributed by atoms with Crippen molar-refractivity contribution < 1.29 is 37.0 Å². The van der Waals surface area contributed by atoms with Crippen molar-refractivity contribution in [3.05, 3.63) is 71.6 Å². The zero-order chi connectivity index (χ0) is 29.7. The predicted molar refractivity (Wildman–Crippen MR) is 151 cm³/mol. The molecule has 2 aromatic carbocycles. The molecule has 1 aliphatic heterocycles. The Morgan fingerprint density at radius 2 is 1.70 bits per heavy atom. The molecule has 216 valence electrons. The Morgan fingerprint density at radius 3 is 2.27 bits per heavy atom. The third-order valence-electron chi connectivity index (χ3n) is 5.45. The van der Waals surface area contributed by atoms with Gasteiger partial charge in [-0.15, -0.1) is 0 Å². The molecule has 1 fully saturated rings. The maximum Gasteiger partial charge on any atom is 0.358 e. The fourth-order valence-corrected chi connectivity index (χ4v) is 7.06. The van der Waals surface area contributed by atoms with E-state index < -0.39 is 60.8 Å². The van der Waals surface area contributed by atoms with E-state index in [1.54, 1.807) is 49.4 Å². The molecule has 40 heavy (non-hydrogen) atoms. The van der Waals surface area contributed by atoms with Crippen molar-refractivity contribution in [2.75, 3.05) is 20.3 Å². The molecule has 2 amide bonds. The van der Waals surface area contributed by atoms with E-state index in [1.165, 1.54) is 26.2 Å². The van der Waals surface area contributed by atoms with Crippen LogP contribution in [0.25, 0.3) is 0 Å². The average Bonchev–Trinajstić information content (AvgIpc) is 2.91. The van der Waals surface area contributed by atoms with Gasteiger partial charge in [0.2, 0.25) is 12.7 Å². The van der Waals surface area contributed by atoms with Gasteiger partial charge in [0.1, 0.15) is 29.5 Å². The van der Waals surface area contributed by atoms with Gasteiger partial charge in [0.25, 0.3) is 11.8 Å². The van der Waals surface area contributed by atoms with Gasteiger partial charge in [-0.3, -0.25) is 14.5 Å². The number of hydrogen-bond donors (Lipinski definition) is 1. The number of rotatable bonds is 11. The fourth-order valence-electron chi connectivity index (χ4n) is 3.43. The minimum atomic E-state index is -4.08. The molecule has 1 saturated heterocycles. The normalized spacial score (nSPS) is 17.9. The van der Waals surface area contributed by atoms with Crippen molar-refractivity contribution in [3.8, 4) is 5.75 Å². The molecule has 3 rings (SSSR count). The molecule has 0 saturated carbocycles. The zero-order valence-corrected chi connectivity index (χ0v) is 25.3. The molecule has 15 heteroatoms. The number of allylic oxidation sites excluding steroid dienone is 1. The quantitative estimate of drug-likeness (QED) is 0.0960. The number of para-hydroxylation sites is 1. The number of alkyl halides is 3. The Balaban J connectivity index is 1.90. The molecule has 0 bridgehead atoms. The molecule has 2 atom stereocenters. The number of amides is 2. The van der Waals surface area contributed by atoms with Crippen LogP contribution in [0.3, 0.4) is 0 Å². The van der Waals surface area contributed by atoms with Crippen molar-refractivity contribution in [2.45, 2.75) is 34.0 Å². The van der Waals surface area contributed by atoms with Crippen LogP contribution in [0.4, 0.5) is 0 Å². The molecule has 0 aliphatic carbocycles. The highest BCUT2D eigenvalue weighted by Crippen LogP contribution is 2.40. The van der Waals surface area contributed by atoms with Crippen LogP contribution in [-0.4, -0.2) is 66.6 Å². The SMILES string of the molecule is CO/C(C)=C(\C(=O)OCC(Cl)(Cl)Cl)N1C(=O)C(NC(=O)COc2ccccc2)C1SS(=O)(=O)c1ccc(C)cc1. The van der Waals surface area contributed by atoms with Crippen LogP contribution < -0.4 is 10.1 Å². The number of esters is 1. The van der Waals surface area contributed by atoms with Gasteiger partial charge < -0.3 is 19.5 Å². The third kappa shape index (κ3) is 8.20. The number of carbonyl (C=O) groups excluding carboxylic acids is 3. The number of hydrogen-bond acceptors (Lipinski definition) is 9. The highest BCUT2D eigenvalue weighted by atomic mass is 35.6. The van der Waals surface area contributed by atoms with E-state index in [4.69, 9.17) is 49.0 Å². The van der Waals surface area contributed by atoms with Crippen LogP contribution in [0.1, 0.15) is 12.5 Å². The van der Waals surface area contributed by atoms with Crippen molar-refractivity contribution >= 4 is 72.2 Å². The van der Waals surface area contributed by atoms with Crippen LogP contribution in [0, 0.1) is 6.92 Å². The summed E-state index contributed by atoms with van der Waals surface area (Å²) in [5.41, 5.74) is 0.426. The van der Waals surface area contributed by atoms with Gasteiger partial charge in [-0.2, -0.15) is 0 Å². The fraction of sp³-hybridized carbons (Fsp3) is 0.320. The summed E-state index contributed by atoms with van der Waals surface area (Å²) in [6.45, 7) is 2.07. The second-order valence-corrected chi connectivity index (χ2v) is 14.9. The van der Waals surface area contributed by atoms with E-state index in [9.17, 15) is 22.8 Å². The summed E-state index contributed by atoms with van der Waals surface area (Å²) in [5, 5.41) is 1.20. The molecule has 1 heterocycles. The second kappa shape index (κ2) is 13.3. The lowest BCUT2D eigenvalue weighted by atomic mass is 10.1. The van der Waals surface area contributed by atoms with Gasteiger partial charge in [-0.1, -0.05) is 70.7 Å². The van der Waals surface area contributed by atoms with E-state index in [1.807, 2.05) is 0 Å². The van der Waals surface area contributed by atoms with E-state index in [0.717, 1.165) is 10.5 Å². The summed E-state index contributed by atoms with van der Waals surface area (Å²) in [6.07, 6.45) is 0. The maximum absolute atomic E-state index is 13.3. The molecule has 1 aliphatic rings. The van der Waals surface area contributed by atoms with Gasteiger partial charge >= 0.3 is 5.97 Å². The van der Waals surface area contributed by atoms with Gasteiger partial charge in [0.15, 0.2) is 12.3 Å². The molecule has 2 unspecified atom stereocenters. The lowest BCUT2D eigenvalue weighted by Gasteiger charge is -2.46. The Labute approximate surface area is 250 Å². The highest BCUT2D eigenvalue weighted by molar-refractivity contribution is 8.72. The topological polar surface area (TPSA) is 128 Å². The Bertz CT molecular complexity index is 1380. The van der Waals surface area contributed by atoms with Crippen molar-refractivity contribution in [3.63, 3.8) is 0 Å². The van der Waals surface area contributed by atoms with E-state index >= 15 is 0 Å². The molecular formula is C25H25Cl3N2O8S2. The molecule has 0 spiro atoms. The van der Waals surface area contributed by atoms with E-state index in [-0.39, 0.29) is 10.7 Å². The molecule has 0 radical (unpaired) electrons. The highest BCUT2D eigenvalue weighted by Gasteiger charge is 2.55. The first kappa shape index (κ1) is 31.9. The lowest BCUT2D eigenvalue weighted by molar-refractivity contribution is -0.153. The van der Waals surface area contributed by atoms with Gasteiger partial charge in [-0.25, -0.2) is 13.2 Å². The largest absolute Gasteiger partial charge is 0.499 e. The number of likely N-dealkylation sites (tertiary alicyclic amines) is 1. The van der Waals surface area contributed by atoms with Crippen molar-refractivity contribution in [2.24, 2.45) is 0 Å². The minimum Gasteiger partial charge on any atom is -0.499 e. The number of β-lactam (4-membered cyclic amide) rings is 1. The Kier molecular flexibility index (Phi) is 10.6. The van der Waals surface area contributed by atoms with Crippen molar-refractivity contribution in [1.29, 1.82) is 0 Å². The van der Waals surface area contributed by atoms with E-state index in [2.05, 4.69) is 5.32 Å². The monoisotopic (exact) mass is 650 g/mol. The second-order valence-electron chi connectivity index (χ2n) is 8.41. The number of benzene rings is 2. The number of nitrogens with zero attached hydrogens (tertiary/aromatic N) is 1. The summed E-state index contributed by atoms with van der Waals surface area (Å²) in [5.74, 6) is -2.23. The first-order valence-corrected chi connectivity index (χ1v) is 15.5. The number of carbonyl (C=O) groups is 3. The number of halogens is 3. The smallest absolute Gasteiger partial charge is 0.358 e. The van der Waals surface area contributed by atoms with E-state index in [0.29, 0.717) is 16.5 Å². The molecular weight excluding hydrogens is 627 g/mol. The summed E-state index contributed by atoms with van der Waals surface area (Å²) in [4.78, 5) is 39.8. The van der Waals surface area contributed by atoms with Crippen LogP contribution in [-0.2, 0) is 32.7 Å². The van der Waals surface area contributed by atoms with Crippen LogP contribution in [0.2, 0.25) is 0 Å². The first-order chi connectivity index (χ1) is 18.7. The standard InChI is InChI=1S/C25H25Cl3N2O8S2/c1-15-9-11-18(12-10-15)40(34,35)39-23-20(29-19(31)13-37-17-7-5-4-6-8-17)22(32)30(23)21(16(2)36-3)24(33)38-14-25(26,27)28/h4-12,20,23H,13-14H2,1-3H3,(H,29,31)/b21-16+. The number of methoxy groups -OCH3 is 1. The van der Waals surface area contributed by atoms with Gasteiger partial charge in [0.05, 0.1) is 12.0 Å². The summed E-state index contributed by atoms with van der Waals surface area (Å²) in [7, 11) is -2.47. The Hall–Kier alpha value is -2.64. The van der Waals surface area contributed by atoms with Gasteiger partial charge in [0, 0.05) is 10.8 Å². The van der Waals surface area contributed by atoms with Crippen LogP contribution >= 0.6 is 45.6 Å². The van der Waals surface area contributed by atoms with Crippen LogP contribution in [0.5, 0.6) is 5.75 Å². The number of aryl methyl sites for hydroxylation is 1. The number of nitrogens with one attached hydrogen (secondary N) is 1. The molecule has 0 aromatic heterocycles. The molecule has 2 aromatic rings. The maximum atomic E-state index is 13.3. The Morgan fingerprint density at radius 1 is 1.07 bits per heavy atom. The molecule has 10 nitrogen and oxygen atoms in total. The average molecular weight is 652 g/mol.